The van der Waals surface area contributed by atoms with Gasteiger partial charge in [0.15, 0.2) is 0 Å². The van der Waals surface area contributed by atoms with Crippen molar-refractivity contribution in [3.63, 3.8) is 0 Å². The van der Waals surface area contributed by atoms with E-state index in [4.69, 9.17) is 11.6 Å². The lowest BCUT2D eigenvalue weighted by molar-refractivity contribution is -0.132. The molecule has 5 nitrogen and oxygen atoms in total. The summed E-state index contributed by atoms with van der Waals surface area (Å²) < 4.78 is 0. The number of halogens is 1. The van der Waals surface area contributed by atoms with Crippen LogP contribution in [0, 0.1) is 6.92 Å². The van der Waals surface area contributed by atoms with Gasteiger partial charge in [0.25, 0.3) is 0 Å². The minimum atomic E-state index is -0.0986. The molecule has 0 spiro atoms. The highest BCUT2D eigenvalue weighted by Gasteiger charge is 2.35. The van der Waals surface area contributed by atoms with Gasteiger partial charge in [0.1, 0.15) is 22.8 Å². The van der Waals surface area contributed by atoms with E-state index in [0.29, 0.717) is 11.0 Å². The smallest absolute Gasteiger partial charge is 0.245 e. The first-order valence-electron chi connectivity index (χ1n) is 7.29. The number of nitrogens with zero attached hydrogens (tertiary/aromatic N) is 4. The molecule has 0 saturated carbocycles. The van der Waals surface area contributed by atoms with Crippen molar-refractivity contribution >= 4 is 35.1 Å². The van der Waals surface area contributed by atoms with Gasteiger partial charge in [-0.05, 0) is 19.8 Å². The number of anilines is 1. The molecule has 2 aliphatic heterocycles. The third-order valence-corrected chi connectivity index (χ3v) is 5.08. The zero-order valence-corrected chi connectivity index (χ0v) is 13.7. The molecular formula is C14H19ClN4OS. The van der Waals surface area contributed by atoms with Crippen molar-refractivity contribution in [3.8, 4) is 0 Å². The van der Waals surface area contributed by atoms with Crippen molar-refractivity contribution in [3.05, 3.63) is 17.0 Å². The molecule has 2 aliphatic rings. The third-order valence-electron chi connectivity index (χ3n) is 3.95. The van der Waals surface area contributed by atoms with Crippen LogP contribution in [0.25, 0.3) is 0 Å². The van der Waals surface area contributed by atoms with Crippen molar-refractivity contribution in [2.75, 3.05) is 36.0 Å². The van der Waals surface area contributed by atoms with Gasteiger partial charge in [-0.1, -0.05) is 11.6 Å². The molecule has 0 unspecified atom stereocenters. The first-order valence-corrected chi connectivity index (χ1v) is 8.83. The average molecular weight is 327 g/mol. The Morgan fingerprint density at radius 3 is 2.81 bits per heavy atom. The van der Waals surface area contributed by atoms with E-state index in [0.717, 1.165) is 49.8 Å². The zero-order valence-electron chi connectivity index (χ0n) is 12.1. The van der Waals surface area contributed by atoms with Gasteiger partial charge in [-0.2, -0.15) is 11.8 Å². The van der Waals surface area contributed by atoms with Crippen LogP contribution in [0.3, 0.4) is 0 Å². The van der Waals surface area contributed by atoms with Gasteiger partial charge in [0.05, 0.1) is 0 Å². The molecule has 7 heteroatoms. The van der Waals surface area contributed by atoms with E-state index in [9.17, 15) is 4.79 Å². The number of rotatable bonds is 2. The average Bonchev–Trinajstić information content (AvgIpc) is 2.96. The largest absolute Gasteiger partial charge is 0.344 e. The Kier molecular flexibility index (Phi) is 4.54. The molecule has 3 rings (SSSR count). The van der Waals surface area contributed by atoms with Crippen LogP contribution in [0.15, 0.2) is 6.07 Å². The predicted octanol–water partition coefficient (Wildman–Crippen LogP) is 1.98. The molecule has 0 aliphatic carbocycles. The number of hydrogen-bond donors (Lipinski definition) is 0. The summed E-state index contributed by atoms with van der Waals surface area (Å²) in [4.78, 5) is 25.4. The Balaban J connectivity index is 1.79. The van der Waals surface area contributed by atoms with Crippen LogP contribution in [0.1, 0.15) is 18.7 Å². The quantitative estimate of drug-likeness (QED) is 0.778. The summed E-state index contributed by atoms with van der Waals surface area (Å²) in [5, 5.41) is 0.435. The second kappa shape index (κ2) is 6.40. The standard InChI is InChI=1S/C14H19ClN4OS/c1-10-16-12(15)9-13(17-10)19-4-2-3-11(19)14(20)18-5-7-21-8-6-18/h9,11H,2-8H2,1H3/t11-/m0/s1. The summed E-state index contributed by atoms with van der Waals surface area (Å²) in [5.74, 6) is 3.73. The SMILES string of the molecule is Cc1nc(Cl)cc(N2CCC[C@H]2C(=O)N2CCSCC2)n1. The van der Waals surface area contributed by atoms with E-state index >= 15 is 0 Å². The molecule has 1 atom stereocenters. The van der Waals surface area contributed by atoms with Gasteiger partial charge in [0.2, 0.25) is 5.91 Å². The predicted molar refractivity (Wildman–Crippen MR) is 86.1 cm³/mol. The molecule has 21 heavy (non-hydrogen) atoms. The van der Waals surface area contributed by atoms with Crippen molar-refractivity contribution in [2.24, 2.45) is 0 Å². The Morgan fingerprint density at radius 2 is 2.10 bits per heavy atom. The molecule has 0 aromatic carbocycles. The highest BCUT2D eigenvalue weighted by molar-refractivity contribution is 7.99. The maximum Gasteiger partial charge on any atom is 0.245 e. The minimum Gasteiger partial charge on any atom is -0.344 e. The summed E-state index contributed by atoms with van der Waals surface area (Å²) in [6.07, 6.45) is 1.91. The maximum absolute atomic E-state index is 12.8. The highest BCUT2D eigenvalue weighted by Crippen LogP contribution is 2.27. The number of aromatic nitrogens is 2. The highest BCUT2D eigenvalue weighted by atomic mass is 35.5. The summed E-state index contributed by atoms with van der Waals surface area (Å²) >= 11 is 7.94. The second-order valence-corrected chi connectivity index (χ2v) is 7.00. The van der Waals surface area contributed by atoms with Gasteiger partial charge in [0, 0.05) is 37.2 Å². The van der Waals surface area contributed by atoms with E-state index in [-0.39, 0.29) is 11.9 Å². The van der Waals surface area contributed by atoms with Crippen LogP contribution in [0.5, 0.6) is 0 Å². The van der Waals surface area contributed by atoms with E-state index in [1.807, 2.05) is 23.6 Å². The molecule has 0 radical (unpaired) electrons. The Morgan fingerprint density at radius 1 is 1.33 bits per heavy atom. The fourth-order valence-electron chi connectivity index (χ4n) is 2.96. The fourth-order valence-corrected chi connectivity index (χ4v) is 4.08. The van der Waals surface area contributed by atoms with E-state index in [1.165, 1.54) is 0 Å². The van der Waals surface area contributed by atoms with E-state index in [1.54, 1.807) is 6.07 Å². The van der Waals surface area contributed by atoms with Crippen molar-refractivity contribution in [1.82, 2.24) is 14.9 Å². The summed E-state index contributed by atoms with van der Waals surface area (Å²) in [7, 11) is 0. The molecule has 3 heterocycles. The van der Waals surface area contributed by atoms with Crippen LogP contribution in [-0.4, -0.2) is 58.0 Å². The molecule has 1 aromatic rings. The minimum absolute atomic E-state index is 0.0986. The number of carbonyl (C=O) groups excluding carboxylic acids is 1. The summed E-state index contributed by atoms with van der Waals surface area (Å²) in [6, 6.07) is 1.66. The molecule has 1 amide bonds. The monoisotopic (exact) mass is 326 g/mol. The van der Waals surface area contributed by atoms with E-state index < -0.39 is 0 Å². The number of hydrogen-bond acceptors (Lipinski definition) is 5. The van der Waals surface area contributed by atoms with Crippen LogP contribution in [0.4, 0.5) is 5.82 Å². The molecule has 2 fully saturated rings. The van der Waals surface area contributed by atoms with Gasteiger partial charge < -0.3 is 9.80 Å². The third kappa shape index (κ3) is 3.26. The fraction of sp³-hybridized carbons (Fsp3) is 0.643. The Bertz CT molecular complexity index is 515. The first-order chi connectivity index (χ1) is 10.1. The topological polar surface area (TPSA) is 49.3 Å². The van der Waals surface area contributed by atoms with Crippen molar-refractivity contribution in [2.45, 2.75) is 25.8 Å². The maximum atomic E-state index is 12.8. The molecule has 0 N–H and O–H groups in total. The van der Waals surface area contributed by atoms with Crippen molar-refractivity contribution in [1.29, 1.82) is 0 Å². The molecular weight excluding hydrogens is 308 g/mol. The first kappa shape index (κ1) is 14.9. The number of aryl methyl sites for hydroxylation is 1. The lowest BCUT2D eigenvalue weighted by Gasteiger charge is -2.32. The molecule has 114 valence electrons. The number of carbonyl (C=O) groups is 1. The number of amides is 1. The lowest BCUT2D eigenvalue weighted by Crippen LogP contribution is -2.48. The molecule has 1 aromatic heterocycles. The Labute approximate surface area is 134 Å². The van der Waals surface area contributed by atoms with E-state index in [2.05, 4.69) is 14.9 Å². The molecule has 0 bridgehead atoms. The number of thioether (sulfide) groups is 1. The van der Waals surface area contributed by atoms with Gasteiger partial charge in [-0.3, -0.25) is 4.79 Å². The van der Waals surface area contributed by atoms with Crippen LogP contribution in [-0.2, 0) is 4.79 Å². The van der Waals surface area contributed by atoms with Gasteiger partial charge in [-0.25, -0.2) is 9.97 Å². The summed E-state index contributed by atoms with van der Waals surface area (Å²) in [6.45, 7) is 4.39. The second-order valence-electron chi connectivity index (χ2n) is 5.39. The lowest BCUT2D eigenvalue weighted by atomic mass is 10.2. The van der Waals surface area contributed by atoms with Crippen molar-refractivity contribution < 1.29 is 4.79 Å². The normalized spacial score (nSPS) is 22.7. The van der Waals surface area contributed by atoms with Crippen LogP contribution >= 0.6 is 23.4 Å². The van der Waals surface area contributed by atoms with Gasteiger partial charge in [-0.15, -0.1) is 0 Å². The zero-order chi connectivity index (χ0) is 14.8. The van der Waals surface area contributed by atoms with Gasteiger partial charge >= 0.3 is 0 Å². The Hall–Kier alpha value is -1.01. The molecule has 2 saturated heterocycles. The summed E-state index contributed by atoms with van der Waals surface area (Å²) in [5.41, 5.74) is 0. The van der Waals surface area contributed by atoms with Crippen LogP contribution < -0.4 is 4.90 Å². The van der Waals surface area contributed by atoms with Crippen LogP contribution in [0.2, 0.25) is 5.15 Å².